The van der Waals surface area contributed by atoms with Crippen LogP contribution in [0, 0.1) is 17.6 Å². The number of amides is 2. The van der Waals surface area contributed by atoms with Crippen molar-refractivity contribution >= 4 is 17.5 Å². The van der Waals surface area contributed by atoms with E-state index in [9.17, 15) is 27.2 Å². The number of benzene rings is 1. The summed E-state index contributed by atoms with van der Waals surface area (Å²) in [6.07, 6.45) is -4.32. The number of fused-ring (bicyclic) bond motifs is 2. The molecule has 1 aromatic heterocycles. The maximum atomic E-state index is 15.2. The number of nitrogens with two attached hydrogens (primary N) is 1. The molecule has 2 amide bonds. The fraction of sp³-hybridized carbons (Fsp3) is 0.519. The molecule has 41 heavy (non-hydrogen) atoms. The number of hydrogen-bond donors (Lipinski definition) is 2. The van der Waals surface area contributed by atoms with Gasteiger partial charge in [-0.15, -0.1) is 0 Å². The van der Waals surface area contributed by atoms with Crippen molar-refractivity contribution in [2.24, 2.45) is 11.7 Å². The molecule has 5 heterocycles. The molecule has 0 unspecified atom stereocenters. The van der Waals surface area contributed by atoms with Crippen molar-refractivity contribution in [3.63, 3.8) is 0 Å². The summed E-state index contributed by atoms with van der Waals surface area (Å²) >= 11 is 0. The van der Waals surface area contributed by atoms with E-state index in [1.165, 1.54) is 19.2 Å². The van der Waals surface area contributed by atoms with Crippen molar-refractivity contribution in [3.05, 3.63) is 53.4 Å². The second-order valence-electron chi connectivity index (χ2n) is 10.7. The van der Waals surface area contributed by atoms with E-state index in [-0.39, 0.29) is 35.8 Å². The number of ether oxygens (including phenoxy) is 3. The molecule has 6 rings (SSSR count). The zero-order valence-corrected chi connectivity index (χ0v) is 22.2. The fourth-order valence-corrected chi connectivity index (χ4v) is 5.74. The number of nitrogens with zero attached hydrogens (tertiary/aromatic N) is 2. The van der Waals surface area contributed by atoms with Gasteiger partial charge >= 0.3 is 6.18 Å². The number of piperidine rings is 1. The normalized spacial score (nSPS) is 29.6. The molecule has 14 heteroatoms. The highest BCUT2D eigenvalue weighted by molar-refractivity contribution is 5.97. The number of anilines is 1. The maximum Gasteiger partial charge on any atom is 0.417 e. The molecule has 0 radical (unpaired) electrons. The lowest BCUT2D eigenvalue weighted by atomic mass is 9.77. The first kappa shape index (κ1) is 29.1. The highest BCUT2D eigenvalue weighted by Gasteiger charge is 2.66. The van der Waals surface area contributed by atoms with Gasteiger partial charge in [0.1, 0.15) is 18.4 Å². The molecule has 3 N–H and O–H groups in total. The first-order chi connectivity index (χ1) is 19.3. The summed E-state index contributed by atoms with van der Waals surface area (Å²) in [5, 5.41) is 2.42. The van der Waals surface area contributed by atoms with Crippen molar-refractivity contribution in [1.82, 2.24) is 9.88 Å². The molecular formula is C27H29F5N4O5. The molecule has 2 aromatic rings. The van der Waals surface area contributed by atoms with Crippen LogP contribution in [0.5, 0.6) is 5.75 Å². The zero-order chi connectivity index (χ0) is 29.7. The Hall–Kier alpha value is -3.36. The number of aromatic nitrogens is 1. The number of carbonyl (C=O) groups excluding carboxylic acids is 2. The number of rotatable bonds is 8. The second kappa shape index (κ2) is 10.8. The zero-order valence-electron chi connectivity index (χ0n) is 22.2. The van der Waals surface area contributed by atoms with Crippen LogP contribution in [0.3, 0.4) is 0 Å². The number of halogens is 5. The van der Waals surface area contributed by atoms with Gasteiger partial charge in [-0.05, 0) is 25.1 Å². The summed E-state index contributed by atoms with van der Waals surface area (Å²) in [7, 11) is 0. The summed E-state index contributed by atoms with van der Waals surface area (Å²) < 4.78 is 89.0. The first-order valence-corrected chi connectivity index (χ1v) is 13.1. The highest BCUT2D eigenvalue weighted by Crippen LogP contribution is 2.55. The first-order valence-electron chi connectivity index (χ1n) is 13.1. The quantitative estimate of drug-likeness (QED) is 0.457. The molecule has 0 spiro atoms. The molecule has 4 fully saturated rings. The minimum absolute atomic E-state index is 0.0275. The summed E-state index contributed by atoms with van der Waals surface area (Å²) in [6, 6.07) is 4.35. The molecule has 4 aliphatic heterocycles. The van der Waals surface area contributed by atoms with E-state index in [0.29, 0.717) is 19.6 Å². The molecule has 1 aromatic carbocycles. The van der Waals surface area contributed by atoms with Crippen molar-refractivity contribution in [2.75, 3.05) is 31.6 Å². The van der Waals surface area contributed by atoms with Crippen molar-refractivity contribution in [1.29, 1.82) is 0 Å². The van der Waals surface area contributed by atoms with Gasteiger partial charge in [0.05, 0.1) is 12.2 Å². The molecule has 0 aliphatic carbocycles. The van der Waals surface area contributed by atoms with Crippen molar-refractivity contribution in [2.45, 2.75) is 56.3 Å². The van der Waals surface area contributed by atoms with Crippen LogP contribution >= 0.6 is 0 Å². The van der Waals surface area contributed by atoms with Crippen molar-refractivity contribution in [3.8, 4) is 5.75 Å². The number of morpholine rings is 1. The Kier molecular flexibility index (Phi) is 7.68. The molecule has 4 saturated heterocycles. The third kappa shape index (κ3) is 5.47. The van der Waals surface area contributed by atoms with Gasteiger partial charge in [0, 0.05) is 55.3 Å². The van der Waals surface area contributed by atoms with Crippen LogP contribution in [-0.4, -0.2) is 78.0 Å². The number of primary amides is 1. The van der Waals surface area contributed by atoms with E-state index in [1.807, 2.05) is 4.90 Å². The third-order valence-corrected chi connectivity index (χ3v) is 8.13. The van der Waals surface area contributed by atoms with E-state index in [2.05, 4.69) is 10.3 Å². The van der Waals surface area contributed by atoms with Gasteiger partial charge in [0.15, 0.2) is 17.2 Å². The molecule has 222 valence electrons. The number of nitrogens with one attached hydrogen (secondary N) is 1. The van der Waals surface area contributed by atoms with Crippen LogP contribution in [0.15, 0.2) is 30.5 Å². The number of carbonyl (C=O) groups is 2. The summed E-state index contributed by atoms with van der Waals surface area (Å²) in [6.45, 7) is 3.63. The van der Waals surface area contributed by atoms with Crippen LogP contribution in [0.4, 0.5) is 27.6 Å². The Morgan fingerprint density at radius 2 is 1.90 bits per heavy atom. The van der Waals surface area contributed by atoms with Gasteiger partial charge in [-0.25, -0.2) is 4.39 Å². The van der Waals surface area contributed by atoms with Crippen molar-refractivity contribution < 1.29 is 45.8 Å². The third-order valence-electron chi connectivity index (χ3n) is 8.13. The number of alkyl halides is 3. The molecule has 2 bridgehead atoms. The molecule has 0 saturated carbocycles. The average molecular weight is 585 g/mol. The van der Waals surface area contributed by atoms with Crippen LogP contribution in [0.2, 0.25) is 0 Å². The Balaban J connectivity index is 1.45. The predicted octanol–water partition coefficient (Wildman–Crippen LogP) is 3.39. The number of pyridine rings is 1. The van der Waals surface area contributed by atoms with Gasteiger partial charge in [0.2, 0.25) is 5.82 Å². The lowest BCUT2D eigenvalue weighted by molar-refractivity contribution is -0.272. The Labute approximate surface area is 232 Å². The Morgan fingerprint density at radius 3 is 2.54 bits per heavy atom. The second-order valence-corrected chi connectivity index (χ2v) is 10.7. The van der Waals surface area contributed by atoms with Gasteiger partial charge in [-0.1, -0.05) is 13.0 Å². The Morgan fingerprint density at radius 1 is 1.22 bits per heavy atom. The summed E-state index contributed by atoms with van der Waals surface area (Å²) in [4.78, 5) is 30.7. The average Bonchev–Trinajstić information content (AvgIpc) is 3.18. The number of hydrogen-bond acceptors (Lipinski definition) is 7. The minimum atomic E-state index is -4.91. The van der Waals surface area contributed by atoms with Gasteiger partial charge in [0.25, 0.3) is 11.8 Å². The highest BCUT2D eigenvalue weighted by atomic mass is 19.4. The van der Waals surface area contributed by atoms with E-state index in [0.717, 1.165) is 31.5 Å². The minimum Gasteiger partial charge on any atom is -0.489 e. The van der Waals surface area contributed by atoms with E-state index >= 15 is 4.39 Å². The Bertz CT molecular complexity index is 1330. The lowest BCUT2D eigenvalue weighted by Gasteiger charge is -2.47. The van der Waals surface area contributed by atoms with E-state index < -0.39 is 58.9 Å². The van der Waals surface area contributed by atoms with Crippen LogP contribution < -0.4 is 15.8 Å². The largest absolute Gasteiger partial charge is 0.489 e. The van der Waals surface area contributed by atoms with Gasteiger partial charge in [-0.3, -0.25) is 19.5 Å². The lowest BCUT2D eigenvalue weighted by Crippen LogP contribution is -2.57. The summed E-state index contributed by atoms with van der Waals surface area (Å²) in [5.41, 5.74) is 2.11. The van der Waals surface area contributed by atoms with Gasteiger partial charge in [-0.2, -0.15) is 17.6 Å². The van der Waals surface area contributed by atoms with E-state index in [4.69, 9.17) is 19.9 Å². The monoisotopic (exact) mass is 584 g/mol. The smallest absolute Gasteiger partial charge is 0.417 e. The predicted molar refractivity (Wildman–Crippen MR) is 134 cm³/mol. The topological polar surface area (TPSA) is 116 Å². The molecular weight excluding hydrogens is 555 g/mol. The molecule has 9 nitrogen and oxygen atoms in total. The van der Waals surface area contributed by atoms with Gasteiger partial charge < -0.3 is 25.3 Å². The summed E-state index contributed by atoms with van der Waals surface area (Å²) in [5.74, 6) is -7.90. The maximum absolute atomic E-state index is 15.2. The van der Waals surface area contributed by atoms with Crippen LogP contribution in [0.25, 0.3) is 0 Å². The standard InChI is InChI=1S/C27H29F5N4O5/c1-13-20(17-3-4-18(28)21(29)22(17)39-8-7-36-11-15-10-16(12-36)40-15)23(41-26(13,2)27(30,31)32)25(38)35-14-5-6-34-19(9-14)24(33)37/h3-6,9,13,15-16,20,23H,7-8,10-12H2,1-2H3,(H2,33,37)(H,34,35,38)/t13-,15-,16+,20-,23+,26+/m0/s1. The fourth-order valence-electron chi connectivity index (χ4n) is 5.74. The van der Waals surface area contributed by atoms with E-state index in [1.54, 1.807) is 0 Å². The van der Waals surface area contributed by atoms with Crippen LogP contribution in [-0.2, 0) is 14.3 Å². The molecule has 6 atom stereocenters. The molecule has 4 aliphatic rings. The SMILES string of the molecule is C[C@H]1[C@@H](c2ccc(F)c(F)c2OCCN2C[C@H]3C[C@@H](C2)O3)[C@H](C(=O)Nc2ccnc(C(N)=O)c2)O[C@@]1(C)C(F)(F)F. The van der Waals surface area contributed by atoms with Crippen LogP contribution in [0.1, 0.15) is 42.2 Å².